The smallest absolute Gasteiger partial charge is 0.225 e. The van der Waals surface area contributed by atoms with Crippen LogP contribution >= 0.6 is 0 Å². The minimum Gasteiger partial charge on any atom is -0.379 e. The first-order chi connectivity index (χ1) is 15.2. The van der Waals surface area contributed by atoms with Gasteiger partial charge < -0.3 is 15.0 Å². The van der Waals surface area contributed by atoms with Crippen LogP contribution in [0.1, 0.15) is 18.4 Å². The van der Waals surface area contributed by atoms with Crippen molar-refractivity contribution in [2.24, 2.45) is 17.8 Å². The van der Waals surface area contributed by atoms with Gasteiger partial charge in [-0.3, -0.25) is 14.7 Å². The first-order valence-electron chi connectivity index (χ1n) is 11.3. The van der Waals surface area contributed by atoms with Crippen LogP contribution < -0.4 is 10.2 Å². The molecular weight excluding hydrogens is 390 g/mol. The predicted molar refractivity (Wildman–Crippen MR) is 119 cm³/mol. The third kappa shape index (κ3) is 4.23. The maximum atomic E-state index is 13.1. The van der Waals surface area contributed by atoms with Gasteiger partial charge in [0.05, 0.1) is 30.2 Å². The highest BCUT2D eigenvalue weighted by molar-refractivity contribution is 5.95. The molecule has 3 heterocycles. The number of anilines is 1. The van der Waals surface area contributed by atoms with E-state index in [1.54, 1.807) is 6.20 Å². The molecule has 1 aromatic carbocycles. The fourth-order valence-electron chi connectivity index (χ4n) is 5.12. The second kappa shape index (κ2) is 8.81. The van der Waals surface area contributed by atoms with Crippen molar-refractivity contribution in [2.45, 2.75) is 12.8 Å². The van der Waals surface area contributed by atoms with E-state index in [1.807, 2.05) is 24.3 Å². The minimum absolute atomic E-state index is 0.0135. The third-order valence-electron chi connectivity index (χ3n) is 6.97. The van der Waals surface area contributed by atoms with Gasteiger partial charge in [0.15, 0.2) is 0 Å². The normalized spacial score (nSPS) is 24.3. The Morgan fingerprint density at radius 2 is 2.06 bits per heavy atom. The molecule has 162 valence electrons. The van der Waals surface area contributed by atoms with Crippen molar-refractivity contribution < 1.29 is 9.53 Å². The van der Waals surface area contributed by atoms with Crippen molar-refractivity contribution in [3.8, 4) is 6.07 Å². The lowest BCUT2D eigenvalue weighted by Gasteiger charge is -2.27. The topological polar surface area (TPSA) is 81.5 Å². The molecule has 0 bridgehead atoms. The standard InChI is InChI=1S/C24H29N5O2/c25-14-18-5-6-22(19-2-1-7-26-23(18)19)29-15-20(17-3-4-17)21(16-29)24(30)27-8-9-28-10-12-31-13-11-28/h1-2,5-7,17,20-21H,3-4,8-13,15-16H2,(H,27,30). The molecule has 3 fully saturated rings. The predicted octanol–water partition coefficient (Wildman–Crippen LogP) is 2.02. The maximum absolute atomic E-state index is 13.1. The Bertz CT molecular complexity index is 993. The summed E-state index contributed by atoms with van der Waals surface area (Å²) in [7, 11) is 0. The van der Waals surface area contributed by atoms with E-state index >= 15 is 0 Å². The molecule has 2 atom stereocenters. The van der Waals surface area contributed by atoms with Gasteiger partial charge in [-0.05, 0) is 48.9 Å². The number of morpholine rings is 1. The fraction of sp³-hybridized carbons (Fsp3) is 0.542. The molecule has 7 heteroatoms. The largest absolute Gasteiger partial charge is 0.379 e. The number of hydrogen-bond donors (Lipinski definition) is 1. The summed E-state index contributed by atoms with van der Waals surface area (Å²) in [6, 6.07) is 10.1. The average Bonchev–Trinajstić information content (AvgIpc) is 3.57. The summed E-state index contributed by atoms with van der Waals surface area (Å²) in [5, 5.41) is 13.6. The number of pyridine rings is 1. The molecule has 5 rings (SSSR count). The number of carbonyl (C=O) groups is 1. The maximum Gasteiger partial charge on any atom is 0.225 e. The molecule has 2 saturated heterocycles. The van der Waals surface area contributed by atoms with E-state index in [0.717, 1.165) is 62.5 Å². The molecule has 1 N–H and O–H groups in total. The van der Waals surface area contributed by atoms with Crippen LogP contribution in [-0.4, -0.2) is 68.3 Å². The van der Waals surface area contributed by atoms with Crippen molar-refractivity contribution >= 4 is 22.5 Å². The summed E-state index contributed by atoms with van der Waals surface area (Å²) in [5.74, 6) is 1.25. The van der Waals surface area contributed by atoms with Crippen molar-refractivity contribution in [1.29, 1.82) is 5.26 Å². The Kier molecular flexibility index (Phi) is 5.75. The molecule has 2 aliphatic heterocycles. The number of rotatable bonds is 6. The Morgan fingerprint density at radius 3 is 2.84 bits per heavy atom. The van der Waals surface area contributed by atoms with Gasteiger partial charge in [-0.1, -0.05) is 0 Å². The lowest BCUT2D eigenvalue weighted by atomic mass is 9.91. The number of nitriles is 1. The van der Waals surface area contributed by atoms with E-state index in [1.165, 1.54) is 12.8 Å². The van der Waals surface area contributed by atoms with Crippen LogP contribution in [0.2, 0.25) is 0 Å². The zero-order chi connectivity index (χ0) is 21.2. The Hall–Kier alpha value is -2.69. The number of fused-ring (bicyclic) bond motifs is 1. The summed E-state index contributed by atoms with van der Waals surface area (Å²) in [6.07, 6.45) is 4.19. The Morgan fingerprint density at radius 1 is 1.23 bits per heavy atom. The molecule has 1 saturated carbocycles. The summed E-state index contributed by atoms with van der Waals surface area (Å²) in [5.41, 5.74) is 2.41. The van der Waals surface area contributed by atoms with Crippen LogP contribution in [0.5, 0.6) is 0 Å². The first kappa shape index (κ1) is 20.2. The van der Waals surface area contributed by atoms with E-state index in [9.17, 15) is 10.1 Å². The number of amides is 1. The number of ether oxygens (including phenoxy) is 1. The molecule has 3 aliphatic rings. The molecule has 1 amide bonds. The fourth-order valence-corrected chi connectivity index (χ4v) is 5.12. The zero-order valence-electron chi connectivity index (χ0n) is 17.8. The van der Waals surface area contributed by atoms with Gasteiger partial charge in [0, 0.05) is 56.5 Å². The van der Waals surface area contributed by atoms with E-state index in [0.29, 0.717) is 23.9 Å². The highest BCUT2D eigenvalue weighted by Gasteiger charge is 2.45. The highest BCUT2D eigenvalue weighted by atomic mass is 16.5. The van der Waals surface area contributed by atoms with E-state index in [4.69, 9.17) is 4.74 Å². The Labute approximate surface area is 183 Å². The van der Waals surface area contributed by atoms with Gasteiger partial charge in [-0.25, -0.2) is 0 Å². The summed E-state index contributed by atoms with van der Waals surface area (Å²) < 4.78 is 5.40. The van der Waals surface area contributed by atoms with Crippen LogP contribution in [0, 0.1) is 29.1 Å². The van der Waals surface area contributed by atoms with Crippen molar-refractivity contribution in [3.05, 3.63) is 36.0 Å². The molecule has 0 spiro atoms. The van der Waals surface area contributed by atoms with Gasteiger partial charge >= 0.3 is 0 Å². The van der Waals surface area contributed by atoms with Gasteiger partial charge in [-0.15, -0.1) is 0 Å². The van der Waals surface area contributed by atoms with Crippen LogP contribution in [0.3, 0.4) is 0 Å². The zero-order valence-corrected chi connectivity index (χ0v) is 17.8. The molecule has 7 nitrogen and oxygen atoms in total. The van der Waals surface area contributed by atoms with Crippen LogP contribution in [0.4, 0.5) is 5.69 Å². The lowest BCUT2D eigenvalue weighted by molar-refractivity contribution is -0.125. The molecule has 0 radical (unpaired) electrons. The number of hydrogen-bond acceptors (Lipinski definition) is 6. The quantitative estimate of drug-likeness (QED) is 0.772. The van der Waals surface area contributed by atoms with E-state index in [2.05, 4.69) is 26.2 Å². The van der Waals surface area contributed by atoms with Gasteiger partial charge in [-0.2, -0.15) is 5.26 Å². The molecular formula is C24H29N5O2. The molecule has 2 aromatic rings. The van der Waals surface area contributed by atoms with Gasteiger partial charge in [0.2, 0.25) is 5.91 Å². The summed E-state index contributed by atoms with van der Waals surface area (Å²) in [6.45, 7) is 6.63. The van der Waals surface area contributed by atoms with E-state index in [-0.39, 0.29) is 11.8 Å². The van der Waals surface area contributed by atoms with Crippen molar-refractivity contribution in [1.82, 2.24) is 15.2 Å². The van der Waals surface area contributed by atoms with Crippen molar-refractivity contribution in [3.63, 3.8) is 0 Å². The number of nitrogens with zero attached hydrogens (tertiary/aromatic N) is 4. The number of carbonyl (C=O) groups excluding carboxylic acids is 1. The van der Waals surface area contributed by atoms with Crippen molar-refractivity contribution in [2.75, 3.05) is 57.4 Å². The average molecular weight is 420 g/mol. The minimum atomic E-state index is 0.0135. The Balaban J connectivity index is 1.30. The lowest BCUT2D eigenvalue weighted by Crippen LogP contribution is -2.43. The van der Waals surface area contributed by atoms with Gasteiger partial charge in [0.25, 0.3) is 0 Å². The third-order valence-corrected chi connectivity index (χ3v) is 6.97. The van der Waals surface area contributed by atoms with E-state index < -0.39 is 0 Å². The number of nitrogens with one attached hydrogen (secondary N) is 1. The highest BCUT2D eigenvalue weighted by Crippen LogP contribution is 2.45. The monoisotopic (exact) mass is 419 g/mol. The second-order valence-electron chi connectivity index (χ2n) is 8.90. The molecule has 31 heavy (non-hydrogen) atoms. The van der Waals surface area contributed by atoms with Crippen LogP contribution in [0.15, 0.2) is 30.5 Å². The summed E-state index contributed by atoms with van der Waals surface area (Å²) in [4.78, 5) is 22.3. The van der Waals surface area contributed by atoms with Crippen LogP contribution in [-0.2, 0) is 9.53 Å². The van der Waals surface area contributed by atoms with Gasteiger partial charge in [0.1, 0.15) is 6.07 Å². The second-order valence-corrected chi connectivity index (χ2v) is 8.90. The molecule has 2 unspecified atom stereocenters. The number of aromatic nitrogens is 1. The molecule has 1 aromatic heterocycles. The summed E-state index contributed by atoms with van der Waals surface area (Å²) >= 11 is 0. The molecule has 1 aliphatic carbocycles. The number of benzene rings is 1. The first-order valence-corrected chi connectivity index (χ1v) is 11.3. The SMILES string of the molecule is N#Cc1ccc(N2CC(C(=O)NCCN3CCOCC3)C(C3CC3)C2)c2cccnc12. The van der Waals surface area contributed by atoms with Crippen LogP contribution in [0.25, 0.3) is 10.9 Å².